The minimum Gasteiger partial charge on any atom is -0.322 e. The summed E-state index contributed by atoms with van der Waals surface area (Å²) in [5.41, 5.74) is 7.48. The molecule has 0 radical (unpaired) electrons. The van der Waals surface area contributed by atoms with Crippen molar-refractivity contribution >= 4 is 22.7 Å². The maximum atomic E-state index is 5.97. The molecule has 0 aliphatic heterocycles. The van der Waals surface area contributed by atoms with Gasteiger partial charge in [-0.1, -0.05) is 18.3 Å². The van der Waals surface area contributed by atoms with E-state index >= 15 is 0 Å². The molecule has 3 rings (SSSR count). The molecule has 3 nitrogen and oxygen atoms in total. The Balaban J connectivity index is 1.90. The zero-order chi connectivity index (χ0) is 11.8. The third kappa shape index (κ3) is 2.03. The van der Waals surface area contributed by atoms with Crippen molar-refractivity contribution in [3.05, 3.63) is 21.5 Å². The standard InChI is InChI=1S/C12H15N3S2/c1-2-8(13)11-14-15-12(17-11)10-6-7-4-3-5-9(7)16-10/h6,8H,2-5,13H2,1H3. The van der Waals surface area contributed by atoms with Crippen LogP contribution in [0.25, 0.3) is 9.88 Å². The predicted octanol–water partition coefficient (Wildman–Crippen LogP) is 3.17. The molecular weight excluding hydrogens is 250 g/mol. The molecule has 1 unspecified atom stereocenters. The highest BCUT2D eigenvalue weighted by molar-refractivity contribution is 7.21. The molecule has 1 aliphatic rings. The summed E-state index contributed by atoms with van der Waals surface area (Å²) in [5, 5.41) is 10.4. The van der Waals surface area contributed by atoms with E-state index in [9.17, 15) is 0 Å². The zero-order valence-electron chi connectivity index (χ0n) is 9.77. The maximum Gasteiger partial charge on any atom is 0.157 e. The molecule has 0 fully saturated rings. The SMILES string of the molecule is CCC(N)c1nnc(-c2cc3c(s2)CCC3)s1. The van der Waals surface area contributed by atoms with Crippen LogP contribution < -0.4 is 5.73 Å². The molecular formula is C12H15N3S2. The first-order valence-electron chi connectivity index (χ1n) is 5.99. The van der Waals surface area contributed by atoms with Crippen LogP contribution in [0.5, 0.6) is 0 Å². The van der Waals surface area contributed by atoms with Gasteiger partial charge in [0.1, 0.15) is 5.01 Å². The number of nitrogens with zero attached hydrogens (tertiary/aromatic N) is 2. The van der Waals surface area contributed by atoms with Gasteiger partial charge < -0.3 is 5.73 Å². The lowest BCUT2D eigenvalue weighted by Crippen LogP contribution is -2.07. The second kappa shape index (κ2) is 4.48. The number of aromatic nitrogens is 2. The summed E-state index contributed by atoms with van der Waals surface area (Å²) in [5.74, 6) is 0. The minimum absolute atomic E-state index is 0.0352. The zero-order valence-corrected chi connectivity index (χ0v) is 11.4. The van der Waals surface area contributed by atoms with Gasteiger partial charge >= 0.3 is 0 Å². The number of thiophene rings is 1. The van der Waals surface area contributed by atoms with E-state index in [1.165, 1.54) is 34.6 Å². The summed E-state index contributed by atoms with van der Waals surface area (Å²) < 4.78 is 0. The Bertz CT molecular complexity index is 508. The van der Waals surface area contributed by atoms with Crippen LogP contribution >= 0.6 is 22.7 Å². The van der Waals surface area contributed by atoms with Gasteiger partial charge in [-0.15, -0.1) is 21.5 Å². The van der Waals surface area contributed by atoms with Crippen LogP contribution in [0.4, 0.5) is 0 Å². The van der Waals surface area contributed by atoms with Gasteiger partial charge in [-0.2, -0.15) is 0 Å². The number of nitrogens with two attached hydrogens (primary N) is 1. The second-order valence-electron chi connectivity index (χ2n) is 4.37. The van der Waals surface area contributed by atoms with E-state index in [0.29, 0.717) is 0 Å². The van der Waals surface area contributed by atoms with Gasteiger partial charge in [0.15, 0.2) is 5.01 Å². The fourth-order valence-electron chi connectivity index (χ4n) is 2.09. The molecule has 0 aromatic carbocycles. The highest BCUT2D eigenvalue weighted by Crippen LogP contribution is 2.38. The van der Waals surface area contributed by atoms with Crippen molar-refractivity contribution in [3.63, 3.8) is 0 Å². The van der Waals surface area contributed by atoms with E-state index in [1.54, 1.807) is 11.3 Å². The topological polar surface area (TPSA) is 51.8 Å². The van der Waals surface area contributed by atoms with E-state index in [0.717, 1.165) is 16.4 Å². The van der Waals surface area contributed by atoms with Gasteiger partial charge in [0, 0.05) is 4.88 Å². The first kappa shape index (κ1) is 11.3. The molecule has 0 saturated heterocycles. The van der Waals surface area contributed by atoms with E-state index in [1.807, 2.05) is 11.3 Å². The average molecular weight is 265 g/mol. The summed E-state index contributed by atoms with van der Waals surface area (Å²) in [6.45, 7) is 2.07. The molecule has 2 N–H and O–H groups in total. The normalized spacial score (nSPS) is 16.1. The van der Waals surface area contributed by atoms with Crippen LogP contribution in [0.2, 0.25) is 0 Å². The molecule has 17 heavy (non-hydrogen) atoms. The Morgan fingerprint density at radius 1 is 1.35 bits per heavy atom. The largest absolute Gasteiger partial charge is 0.322 e. The van der Waals surface area contributed by atoms with E-state index in [4.69, 9.17) is 5.73 Å². The summed E-state index contributed by atoms with van der Waals surface area (Å²) in [7, 11) is 0. The molecule has 1 atom stereocenters. The van der Waals surface area contributed by atoms with Crippen molar-refractivity contribution in [1.29, 1.82) is 0 Å². The number of hydrogen-bond donors (Lipinski definition) is 1. The van der Waals surface area contributed by atoms with Gasteiger partial charge in [-0.25, -0.2) is 0 Å². The summed E-state index contributed by atoms with van der Waals surface area (Å²) in [6, 6.07) is 2.32. The van der Waals surface area contributed by atoms with E-state index in [2.05, 4.69) is 23.2 Å². The van der Waals surface area contributed by atoms with Gasteiger partial charge in [0.25, 0.3) is 0 Å². The minimum atomic E-state index is 0.0352. The number of rotatable bonds is 3. The Hall–Kier alpha value is -0.780. The quantitative estimate of drug-likeness (QED) is 0.927. The summed E-state index contributed by atoms with van der Waals surface area (Å²) >= 11 is 3.51. The number of fused-ring (bicyclic) bond motifs is 1. The average Bonchev–Trinajstić information content (AvgIpc) is 3.00. The third-order valence-electron chi connectivity index (χ3n) is 3.16. The van der Waals surface area contributed by atoms with Crippen molar-refractivity contribution < 1.29 is 0 Å². The molecule has 1 aliphatic carbocycles. The fourth-order valence-corrected chi connectivity index (χ4v) is 4.32. The number of aryl methyl sites for hydroxylation is 2. The van der Waals surface area contributed by atoms with Crippen LogP contribution in [-0.2, 0) is 12.8 Å². The predicted molar refractivity (Wildman–Crippen MR) is 72.5 cm³/mol. The second-order valence-corrected chi connectivity index (χ2v) is 6.52. The lowest BCUT2D eigenvalue weighted by molar-refractivity contribution is 0.683. The van der Waals surface area contributed by atoms with Crippen molar-refractivity contribution in [2.24, 2.45) is 5.73 Å². The Kier molecular flexibility index (Phi) is 2.98. The molecule has 0 amide bonds. The molecule has 5 heteroatoms. The first-order chi connectivity index (χ1) is 8.28. The van der Waals surface area contributed by atoms with Gasteiger partial charge in [-0.05, 0) is 37.3 Å². The van der Waals surface area contributed by atoms with Gasteiger partial charge in [-0.3, -0.25) is 0 Å². The highest BCUT2D eigenvalue weighted by Gasteiger charge is 2.18. The number of hydrogen-bond acceptors (Lipinski definition) is 5. The van der Waals surface area contributed by atoms with Crippen molar-refractivity contribution in [1.82, 2.24) is 10.2 Å². The Morgan fingerprint density at radius 3 is 3.00 bits per heavy atom. The monoisotopic (exact) mass is 265 g/mol. The van der Waals surface area contributed by atoms with Crippen molar-refractivity contribution in [2.45, 2.75) is 38.6 Å². The van der Waals surface area contributed by atoms with Gasteiger partial charge in [0.05, 0.1) is 10.9 Å². The summed E-state index contributed by atoms with van der Waals surface area (Å²) in [4.78, 5) is 2.80. The molecule has 2 aromatic rings. The highest BCUT2D eigenvalue weighted by atomic mass is 32.1. The van der Waals surface area contributed by atoms with Crippen molar-refractivity contribution in [2.75, 3.05) is 0 Å². The molecule has 0 bridgehead atoms. The molecule has 90 valence electrons. The molecule has 2 aromatic heterocycles. The Labute approximate surface area is 109 Å². The van der Waals surface area contributed by atoms with Gasteiger partial charge in [0.2, 0.25) is 0 Å². The summed E-state index contributed by atoms with van der Waals surface area (Å²) in [6.07, 6.45) is 4.69. The van der Waals surface area contributed by atoms with E-state index < -0.39 is 0 Å². The third-order valence-corrected chi connectivity index (χ3v) is 5.62. The maximum absolute atomic E-state index is 5.97. The smallest absolute Gasteiger partial charge is 0.157 e. The molecule has 0 saturated carbocycles. The van der Waals surface area contributed by atoms with Crippen LogP contribution in [0, 0.1) is 0 Å². The van der Waals surface area contributed by atoms with Crippen LogP contribution in [0.1, 0.15) is 41.3 Å². The lowest BCUT2D eigenvalue weighted by Gasteiger charge is -2.00. The molecule has 0 spiro atoms. The first-order valence-corrected chi connectivity index (χ1v) is 7.62. The van der Waals surface area contributed by atoms with Crippen LogP contribution in [-0.4, -0.2) is 10.2 Å². The van der Waals surface area contributed by atoms with Crippen LogP contribution in [0.15, 0.2) is 6.07 Å². The Morgan fingerprint density at radius 2 is 2.24 bits per heavy atom. The lowest BCUT2D eigenvalue weighted by atomic mass is 10.2. The molecule has 2 heterocycles. The van der Waals surface area contributed by atoms with E-state index in [-0.39, 0.29) is 6.04 Å². The van der Waals surface area contributed by atoms with Crippen molar-refractivity contribution in [3.8, 4) is 9.88 Å². The fraction of sp³-hybridized carbons (Fsp3) is 0.500. The van der Waals surface area contributed by atoms with Crippen LogP contribution in [0.3, 0.4) is 0 Å².